The van der Waals surface area contributed by atoms with Crippen molar-refractivity contribution in [2.75, 3.05) is 31.1 Å². The van der Waals surface area contributed by atoms with Gasteiger partial charge in [-0.15, -0.1) is 0 Å². The standard InChI is InChI=1S/C24H25N5/c1-16-4-3-5-17(2)23(16)21-14-20-22(15-26-21)27-28-24(20)18-6-8-19(9-7-18)29-12-10-25-11-13-29/h3-9,14-15,25H,10-13H2,1-2H3,(H,27,28). The molecule has 0 saturated carbocycles. The molecule has 3 heterocycles. The number of hydrogen-bond donors (Lipinski definition) is 2. The molecule has 0 amide bonds. The molecule has 1 saturated heterocycles. The zero-order chi connectivity index (χ0) is 19.8. The zero-order valence-electron chi connectivity index (χ0n) is 16.9. The molecule has 0 unspecified atom stereocenters. The maximum absolute atomic E-state index is 4.70. The zero-order valence-corrected chi connectivity index (χ0v) is 16.9. The smallest absolute Gasteiger partial charge is 0.100 e. The second-order valence-electron chi connectivity index (χ2n) is 7.74. The highest BCUT2D eigenvalue weighted by Crippen LogP contribution is 2.32. The first-order chi connectivity index (χ1) is 14.2. The molecule has 1 aliphatic heterocycles. The van der Waals surface area contributed by atoms with Gasteiger partial charge in [0.15, 0.2) is 0 Å². The van der Waals surface area contributed by atoms with Crippen LogP contribution in [0.25, 0.3) is 33.4 Å². The van der Waals surface area contributed by atoms with Crippen LogP contribution in [0.15, 0.2) is 54.7 Å². The van der Waals surface area contributed by atoms with Gasteiger partial charge in [-0.1, -0.05) is 30.3 Å². The molecule has 0 bridgehead atoms. The van der Waals surface area contributed by atoms with Crippen LogP contribution in [0, 0.1) is 13.8 Å². The molecule has 0 spiro atoms. The number of rotatable bonds is 3. The van der Waals surface area contributed by atoms with Gasteiger partial charge in [0.25, 0.3) is 0 Å². The first-order valence-electron chi connectivity index (χ1n) is 10.2. The maximum Gasteiger partial charge on any atom is 0.100 e. The largest absolute Gasteiger partial charge is 0.369 e. The minimum Gasteiger partial charge on any atom is -0.369 e. The van der Waals surface area contributed by atoms with Gasteiger partial charge in [-0.2, -0.15) is 5.10 Å². The highest BCUT2D eigenvalue weighted by molar-refractivity contribution is 5.95. The van der Waals surface area contributed by atoms with E-state index < -0.39 is 0 Å². The highest BCUT2D eigenvalue weighted by Gasteiger charge is 2.14. The van der Waals surface area contributed by atoms with Crippen LogP contribution in [0.3, 0.4) is 0 Å². The van der Waals surface area contributed by atoms with Crippen molar-refractivity contribution in [3.05, 3.63) is 65.9 Å². The molecule has 5 nitrogen and oxygen atoms in total. The summed E-state index contributed by atoms with van der Waals surface area (Å²) < 4.78 is 0. The molecule has 146 valence electrons. The third kappa shape index (κ3) is 3.28. The van der Waals surface area contributed by atoms with Crippen LogP contribution in [-0.4, -0.2) is 41.4 Å². The van der Waals surface area contributed by atoms with Gasteiger partial charge in [0.2, 0.25) is 0 Å². The lowest BCUT2D eigenvalue weighted by Crippen LogP contribution is -2.43. The number of nitrogens with zero attached hydrogens (tertiary/aromatic N) is 3. The quantitative estimate of drug-likeness (QED) is 0.553. The van der Waals surface area contributed by atoms with Crippen molar-refractivity contribution >= 4 is 16.6 Å². The van der Waals surface area contributed by atoms with Gasteiger partial charge in [-0.05, 0) is 43.2 Å². The number of piperazine rings is 1. The number of aromatic nitrogens is 3. The fourth-order valence-corrected chi connectivity index (χ4v) is 4.25. The Kier molecular flexibility index (Phi) is 4.52. The Bertz CT molecular complexity index is 1130. The van der Waals surface area contributed by atoms with Gasteiger partial charge >= 0.3 is 0 Å². The molecule has 5 heteroatoms. The molecule has 4 aromatic rings. The third-order valence-corrected chi connectivity index (χ3v) is 5.81. The fraction of sp³-hybridized carbons (Fsp3) is 0.250. The summed E-state index contributed by atoms with van der Waals surface area (Å²) in [5.41, 5.74) is 9.00. The van der Waals surface area contributed by atoms with E-state index in [9.17, 15) is 0 Å². The number of fused-ring (bicyclic) bond motifs is 1. The van der Waals surface area contributed by atoms with Gasteiger partial charge < -0.3 is 10.2 Å². The third-order valence-electron chi connectivity index (χ3n) is 5.81. The molecule has 2 N–H and O–H groups in total. The molecule has 5 rings (SSSR count). The first-order valence-corrected chi connectivity index (χ1v) is 10.2. The van der Waals surface area contributed by atoms with Gasteiger partial charge in [-0.3, -0.25) is 10.1 Å². The normalized spacial score (nSPS) is 14.5. The molecule has 29 heavy (non-hydrogen) atoms. The van der Waals surface area contributed by atoms with Crippen molar-refractivity contribution in [2.24, 2.45) is 0 Å². The van der Waals surface area contributed by atoms with E-state index in [2.05, 4.69) is 82.8 Å². The summed E-state index contributed by atoms with van der Waals surface area (Å²) in [5, 5.41) is 12.2. The van der Waals surface area contributed by atoms with Crippen molar-refractivity contribution in [3.63, 3.8) is 0 Å². The summed E-state index contributed by atoms with van der Waals surface area (Å²) in [4.78, 5) is 7.12. The molecule has 2 aromatic carbocycles. The Morgan fingerprint density at radius 1 is 0.931 bits per heavy atom. The molecule has 1 fully saturated rings. The van der Waals surface area contributed by atoms with Gasteiger partial charge in [0.05, 0.1) is 17.4 Å². The van der Waals surface area contributed by atoms with E-state index in [1.807, 2.05) is 6.20 Å². The Morgan fingerprint density at radius 3 is 2.38 bits per heavy atom. The number of aryl methyl sites for hydroxylation is 2. The van der Waals surface area contributed by atoms with E-state index in [0.29, 0.717) is 0 Å². The fourth-order valence-electron chi connectivity index (χ4n) is 4.25. The number of aromatic amines is 1. The predicted octanol–water partition coefficient (Wildman–Crippen LogP) is 4.32. The van der Waals surface area contributed by atoms with E-state index in [4.69, 9.17) is 4.98 Å². The van der Waals surface area contributed by atoms with Gasteiger partial charge in [0, 0.05) is 48.4 Å². The Hall–Kier alpha value is -3.18. The van der Waals surface area contributed by atoms with Gasteiger partial charge in [-0.25, -0.2) is 0 Å². The summed E-state index contributed by atoms with van der Waals surface area (Å²) in [5.74, 6) is 0. The number of anilines is 1. The van der Waals surface area contributed by atoms with Crippen LogP contribution in [0.2, 0.25) is 0 Å². The lowest BCUT2D eigenvalue weighted by atomic mass is 9.98. The second-order valence-corrected chi connectivity index (χ2v) is 7.74. The van der Waals surface area contributed by atoms with Gasteiger partial charge in [0.1, 0.15) is 5.69 Å². The molecule has 0 aliphatic carbocycles. The molecule has 1 aliphatic rings. The summed E-state index contributed by atoms with van der Waals surface area (Å²) in [7, 11) is 0. The number of pyridine rings is 1. The van der Waals surface area contributed by atoms with E-state index in [1.165, 1.54) is 22.4 Å². The summed E-state index contributed by atoms with van der Waals surface area (Å²) in [6.45, 7) is 8.46. The second kappa shape index (κ2) is 7.33. The summed E-state index contributed by atoms with van der Waals surface area (Å²) in [6.07, 6.45) is 1.89. The molecular formula is C24H25N5. The number of nitrogens with one attached hydrogen (secondary N) is 2. The monoisotopic (exact) mass is 383 g/mol. The van der Waals surface area contributed by atoms with Crippen LogP contribution >= 0.6 is 0 Å². The van der Waals surface area contributed by atoms with E-state index in [0.717, 1.165) is 54.0 Å². The average Bonchev–Trinajstić information content (AvgIpc) is 3.18. The molecule has 2 aromatic heterocycles. The van der Waals surface area contributed by atoms with Crippen molar-refractivity contribution in [1.29, 1.82) is 0 Å². The SMILES string of the molecule is Cc1cccc(C)c1-c1cc2c(-c3ccc(N4CCNCC4)cc3)n[nH]c2cn1. The van der Waals surface area contributed by atoms with E-state index in [-0.39, 0.29) is 0 Å². The van der Waals surface area contributed by atoms with Crippen molar-refractivity contribution in [1.82, 2.24) is 20.5 Å². The highest BCUT2D eigenvalue weighted by atomic mass is 15.2. The van der Waals surface area contributed by atoms with Crippen LogP contribution in [0.5, 0.6) is 0 Å². The number of hydrogen-bond acceptors (Lipinski definition) is 4. The minimum absolute atomic E-state index is 0.959. The molecule has 0 atom stereocenters. The van der Waals surface area contributed by atoms with E-state index >= 15 is 0 Å². The Balaban J connectivity index is 1.54. The van der Waals surface area contributed by atoms with Crippen molar-refractivity contribution in [3.8, 4) is 22.5 Å². The van der Waals surface area contributed by atoms with Crippen LogP contribution in [0.4, 0.5) is 5.69 Å². The lowest BCUT2D eigenvalue weighted by molar-refractivity contribution is 0.589. The average molecular weight is 383 g/mol. The van der Waals surface area contributed by atoms with Crippen LogP contribution in [-0.2, 0) is 0 Å². The number of benzene rings is 2. The molecule has 0 radical (unpaired) electrons. The molecular weight excluding hydrogens is 358 g/mol. The Labute approximate surface area is 170 Å². The first kappa shape index (κ1) is 17.9. The van der Waals surface area contributed by atoms with Crippen LogP contribution < -0.4 is 10.2 Å². The summed E-state index contributed by atoms with van der Waals surface area (Å²) in [6, 6.07) is 17.3. The minimum atomic E-state index is 0.959. The maximum atomic E-state index is 4.70. The Morgan fingerprint density at radius 2 is 1.66 bits per heavy atom. The lowest BCUT2D eigenvalue weighted by Gasteiger charge is -2.29. The van der Waals surface area contributed by atoms with Crippen molar-refractivity contribution in [2.45, 2.75) is 13.8 Å². The predicted molar refractivity (Wildman–Crippen MR) is 119 cm³/mol. The number of H-pyrrole nitrogens is 1. The van der Waals surface area contributed by atoms with E-state index in [1.54, 1.807) is 0 Å². The topological polar surface area (TPSA) is 56.8 Å². The summed E-state index contributed by atoms with van der Waals surface area (Å²) >= 11 is 0. The van der Waals surface area contributed by atoms with Crippen LogP contribution in [0.1, 0.15) is 11.1 Å². The van der Waals surface area contributed by atoms with Crippen molar-refractivity contribution < 1.29 is 0 Å².